The van der Waals surface area contributed by atoms with E-state index in [1.807, 2.05) is 22.6 Å². The van der Waals surface area contributed by atoms with Gasteiger partial charge in [0, 0.05) is 24.8 Å². The molecule has 0 unspecified atom stereocenters. The number of aromatic nitrogens is 3. The molecule has 0 fully saturated rings. The molecule has 96 valence electrons. The third-order valence-corrected chi connectivity index (χ3v) is 2.15. The zero-order valence-corrected chi connectivity index (χ0v) is 12.0. The molecule has 0 saturated heterocycles. The van der Waals surface area contributed by atoms with Gasteiger partial charge in [-0.25, -0.2) is 20.2 Å². The van der Waals surface area contributed by atoms with E-state index < -0.39 is 9.70 Å². The summed E-state index contributed by atoms with van der Waals surface area (Å²) in [5.41, 5.74) is 5.70. The number of hydrogen-bond acceptors (Lipinski definition) is 5. The average Bonchev–Trinajstić information content (AvgIpc) is 2.72. The van der Waals surface area contributed by atoms with Gasteiger partial charge in [0.25, 0.3) is 0 Å². The van der Waals surface area contributed by atoms with Crippen LogP contribution in [0.25, 0.3) is 5.65 Å². The van der Waals surface area contributed by atoms with Crippen LogP contribution in [0.1, 0.15) is 13.8 Å². The number of anilines is 1. The van der Waals surface area contributed by atoms with Gasteiger partial charge in [0.15, 0.2) is 15.1 Å². The van der Waals surface area contributed by atoms with Crippen LogP contribution in [0.5, 0.6) is 0 Å². The molecule has 0 aliphatic carbocycles. The van der Waals surface area contributed by atoms with Crippen LogP contribution in [-0.4, -0.2) is 24.1 Å². The van der Waals surface area contributed by atoms with Crippen molar-refractivity contribution in [1.82, 2.24) is 19.8 Å². The first-order valence-electron chi connectivity index (χ1n) is 5.17. The average molecular weight is 361 g/mol. The van der Waals surface area contributed by atoms with Crippen molar-refractivity contribution >= 4 is 40.1 Å². The molecule has 2 heterocycles. The summed E-state index contributed by atoms with van der Waals surface area (Å²) in [6.07, 6.45) is 6.22. The van der Waals surface area contributed by atoms with Crippen LogP contribution in [0.2, 0.25) is 0 Å². The van der Waals surface area contributed by atoms with Crippen molar-refractivity contribution in [2.24, 2.45) is 0 Å². The fourth-order valence-electron chi connectivity index (χ4n) is 1.30. The lowest BCUT2D eigenvalue weighted by Crippen LogP contribution is -2.35. The van der Waals surface area contributed by atoms with Crippen molar-refractivity contribution in [3.63, 3.8) is 0 Å². The number of hydrogen-bond donors (Lipinski definition) is 2. The van der Waals surface area contributed by atoms with Gasteiger partial charge in [0.1, 0.15) is 0 Å². The highest BCUT2D eigenvalue weighted by atomic mass is 127. The topological polar surface area (TPSA) is 80.5 Å². The molecule has 2 aromatic heterocycles. The van der Waals surface area contributed by atoms with Gasteiger partial charge in [0.05, 0.1) is 0 Å². The summed E-state index contributed by atoms with van der Waals surface area (Å²) in [6.45, 7) is 3.56. The van der Waals surface area contributed by atoms with Gasteiger partial charge in [-0.15, -0.1) is 0 Å². The highest BCUT2D eigenvalue weighted by Gasteiger charge is 2.18. The number of imidazole rings is 1. The first-order valence-corrected chi connectivity index (χ1v) is 6.25. The molecule has 8 heteroatoms. The number of ether oxygens (including phenoxy) is 1. The summed E-state index contributed by atoms with van der Waals surface area (Å²) in [7, 11) is 0. The van der Waals surface area contributed by atoms with Gasteiger partial charge >= 0.3 is 6.09 Å². The van der Waals surface area contributed by atoms with Crippen molar-refractivity contribution < 1.29 is 9.53 Å². The lowest BCUT2D eigenvalue weighted by molar-refractivity contribution is 0.109. The Morgan fingerprint density at radius 1 is 1.39 bits per heavy atom. The standard InChI is InChI=1S/C10H12IN5O2/c1-10(2,11)18-9(17)15-14-7-8-13-4-6-16(8)5-3-12-7/h3-6H,1-2H3,(H,12,14)(H,15,17). The maximum Gasteiger partial charge on any atom is 0.427 e. The Morgan fingerprint density at radius 3 is 2.72 bits per heavy atom. The van der Waals surface area contributed by atoms with Gasteiger partial charge < -0.3 is 9.14 Å². The van der Waals surface area contributed by atoms with Gasteiger partial charge in [-0.3, -0.25) is 5.43 Å². The summed E-state index contributed by atoms with van der Waals surface area (Å²) in [4.78, 5) is 19.6. The van der Waals surface area contributed by atoms with Crippen LogP contribution in [-0.2, 0) is 4.74 Å². The Balaban J connectivity index is 2.02. The van der Waals surface area contributed by atoms with E-state index in [9.17, 15) is 4.79 Å². The second kappa shape index (κ2) is 4.96. The van der Waals surface area contributed by atoms with Gasteiger partial charge in [-0.1, -0.05) is 0 Å². The molecule has 0 aromatic carbocycles. The summed E-state index contributed by atoms with van der Waals surface area (Å²) in [5, 5.41) is 0. The number of fused-ring (bicyclic) bond motifs is 1. The molecule has 0 saturated carbocycles. The molecule has 0 spiro atoms. The summed E-state index contributed by atoms with van der Waals surface area (Å²) >= 11 is 2.02. The van der Waals surface area contributed by atoms with Crippen molar-refractivity contribution in [3.05, 3.63) is 24.8 Å². The van der Waals surface area contributed by atoms with E-state index >= 15 is 0 Å². The maximum absolute atomic E-state index is 11.5. The molecular formula is C10H12IN5O2. The fraction of sp³-hybridized carbons (Fsp3) is 0.300. The highest BCUT2D eigenvalue weighted by Crippen LogP contribution is 2.18. The van der Waals surface area contributed by atoms with Crippen molar-refractivity contribution in [1.29, 1.82) is 0 Å². The molecule has 0 bridgehead atoms. The van der Waals surface area contributed by atoms with E-state index in [-0.39, 0.29) is 0 Å². The first kappa shape index (κ1) is 12.9. The molecule has 2 aromatic rings. The van der Waals surface area contributed by atoms with Crippen LogP contribution >= 0.6 is 22.6 Å². The van der Waals surface area contributed by atoms with E-state index in [0.717, 1.165) is 0 Å². The van der Waals surface area contributed by atoms with Crippen molar-refractivity contribution in [3.8, 4) is 0 Å². The summed E-state index contributed by atoms with van der Waals surface area (Å²) in [5.74, 6) is 0.450. The Kier molecular flexibility index (Phi) is 3.55. The maximum atomic E-state index is 11.5. The first-order chi connectivity index (χ1) is 8.46. The van der Waals surface area contributed by atoms with Gasteiger partial charge in [-0.05, 0) is 36.4 Å². The molecule has 0 radical (unpaired) electrons. The molecule has 0 atom stereocenters. The van der Waals surface area contributed by atoms with E-state index in [0.29, 0.717) is 11.5 Å². The Labute approximate surface area is 117 Å². The fourth-order valence-corrected chi connectivity index (χ4v) is 1.50. The van der Waals surface area contributed by atoms with E-state index in [4.69, 9.17) is 4.74 Å². The van der Waals surface area contributed by atoms with E-state index in [1.54, 1.807) is 43.0 Å². The number of rotatable bonds is 3. The van der Waals surface area contributed by atoms with Crippen molar-refractivity contribution in [2.75, 3.05) is 5.43 Å². The van der Waals surface area contributed by atoms with Crippen LogP contribution in [0, 0.1) is 0 Å². The summed E-state index contributed by atoms with van der Waals surface area (Å²) < 4.78 is 6.28. The molecule has 2 rings (SSSR count). The molecule has 0 aliphatic rings. The minimum Gasteiger partial charge on any atom is -0.432 e. The van der Waals surface area contributed by atoms with E-state index in [2.05, 4.69) is 20.8 Å². The smallest absolute Gasteiger partial charge is 0.427 e. The monoisotopic (exact) mass is 361 g/mol. The van der Waals surface area contributed by atoms with Crippen LogP contribution in [0.3, 0.4) is 0 Å². The molecule has 0 aliphatic heterocycles. The second-order valence-corrected chi connectivity index (χ2v) is 6.53. The predicted molar refractivity (Wildman–Crippen MR) is 74.3 cm³/mol. The zero-order valence-electron chi connectivity index (χ0n) is 9.85. The summed E-state index contributed by atoms with van der Waals surface area (Å²) in [6, 6.07) is 0. The normalized spacial score (nSPS) is 11.3. The predicted octanol–water partition coefficient (Wildman–Crippen LogP) is 1.95. The quantitative estimate of drug-likeness (QED) is 0.496. The Morgan fingerprint density at radius 2 is 2.06 bits per heavy atom. The second-order valence-electron chi connectivity index (χ2n) is 3.94. The third kappa shape index (κ3) is 3.22. The Hall–Kier alpha value is -1.58. The lowest BCUT2D eigenvalue weighted by Gasteiger charge is -2.18. The van der Waals surface area contributed by atoms with Crippen LogP contribution in [0.4, 0.5) is 10.6 Å². The van der Waals surface area contributed by atoms with E-state index in [1.165, 1.54) is 0 Å². The number of carbonyl (C=O) groups is 1. The number of alkyl halides is 1. The molecule has 18 heavy (non-hydrogen) atoms. The number of halogens is 1. The minimum absolute atomic E-state index is 0.450. The van der Waals surface area contributed by atoms with Crippen LogP contribution < -0.4 is 10.9 Å². The molecule has 7 nitrogen and oxygen atoms in total. The van der Waals surface area contributed by atoms with Crippen molar-refractivity contribution in [2.45, 2.75) is 17.5 Å². The number of carbonyl (C=O) groups excluding carboxylic acids is 1. The SMILES string of the molecule is CC(C)(I)OC(=O)NNc1nccn2ccnc12. The zero-order chi connectivity index (χ0) is 13.2. The van der Waals surface area contributed by atoms with Crippen LogP contribution in [0.15, 0.2) is 24.8 Å². The number of amides is 1. The molecular weight excluding hydrogens is 349 g/mol. The number of nitrogens with one attached hydrogen (secondary N) is 2. The molecule has 2 N–H and O–H groups in total. The Bertz CT molecular complexity index is 563. The molecule has 1 amide bonds. The lowest BCUT2D eigenvalue weighted by atomic mass is 10.5. The third-order valence-electron chi connectivity index (χ3n) is 1.93. The largest absolute Gasteiger partial charge is 0.432 e. The van der Waals surface area contributed by atoms with Gasteiger partial charge in [0.2, 0.25) is 0 Å². The van der Waals surface area contributed by atoms with Gasteiger partial charge in [-0.2, -0.15) is 0 Å². The minimum atomic E-state index is -0.579. The highest BCUT2D eigenvalue weighted by molar-refractivity contribution is 14.1. The number of nitrogens with zero attached hydrogens (tertiary/aromatic N) is 3. The number of hydrazine groups is 1.